The Kier molecular flexibility index (Phi) is 4.42. The van der Waals surface area contributed by atoms with Crippen molar-refractivity contribution in [2.45, 2.75) is 13.0 Å². The quantitative estimate of drug-likeness (QED) is 0.230. The molecule has 0 spiro atoms. The zero-order chi connectivity index (χ0) is 21.1. The minimum absolute atomic E-state index is 0.772. The van der Waals surface area contributed by atoms with Crippen molar-refractivity contribution in [2.24, 2.45) is 0 Å². The molecule has 31 heavy (non-hydrogen) atoms. The minimum atomic E-state index is 0.772. The van der Waals surface area contributed by atoms with Gasteiger partial charge in [-0.15, -0.1) is 0 Å². The third-order valence-electron chi connectivity index (χ3n) is 7.07. The average Bonchev–Trinajstić information content (AvgIpc) is 3.10. The second-order valence-corrected chi connectivity index (χ2v) is 9.82. The SMILES string of the molecule is ClC1=C(Cl)[N+]2(Cc3ccc4ccccc4c3)C[N+]1(CCc1cccc3ccccc13)C2. The molecule has 1 fully saturated rings. The highest BCUT2D eigenvalue weighted by atomic mass is 35.5. The fourth-order valence-electron chi connectivity index (χ4n) is 5.58. The summed E-state index contributed by atoms with van der Waals surface area (Å²) in [6, 6.07) is 30.4. The monoisotopic (exact) mass is 446 g/mol. The van der Waals surface area contributed by atoms with Crippen LogP contribution >= 0.6 is 23.2 Å². The van der Waals surface area contributed by atoms with Crippen LogP contribution in [0.2, 0.25) is 0 Å². The normalized spacial score (nSPS) is 24.7. The van der Waals surface area contributed by atoms with Crippen molar-refractivity contribution in [3.63, 3.8) is 0 Å². The average molecular weight is 447 g/mol. The zero-order valence-corrected chi connectivity index (χ0v) is 18.8. The number of halogens is 2. The second-order valence-electron chi connectivity index (χ2n) is 9.11. The van der Waals surface area contributed by atoms with Crippen LogP contribution in [0.3, 0.4) is 0 Å². The Bertz CT molecular complexity index is 1350. The molecule has 0 N–H and O–H groups in total. The summed E-state index contributed by atoms with van der Waals surface area (Å²) in [5.74, 6) is 0. The van der Waals surface area contributed by atoms with Crippen molar-refractivity contribution >= 4 is 44.7 Å². The van der Waals surface area contributed by atoms with Crippen LogP contribution in [0.1, 0.15) is 11.1 Å². The molecule has 0 saturated carbocycles. The van der Waals surface area contributed by atoms with Crippen molar-refractivity contribution in [1.82, 2.24) is 0 Å². The molecule has 0 radical (unpaired) electrons. The first-order chi connectivity index (χ1) is 15.1. The summed E-state index contributed by atoms with van der Waals surface area (Å²) < 4.78 is 1.57. The molecule has 0 aromatic heterocycles. The van der Waals surface area contributed by atoms with E-state index in [0.29, 0.717) is 0 Å². The fraction of sp³-hybridized carbons (Fsp3) is 0.185. The number of benzene rings is 4. The molecule has 0 unspecified atom stereocenters. The van der Waals surface area contributed by atoms with Crippen LogP contribution in [-0.2, 0) is 13.0 Å². The summed E-state index contributed by atoms with van der Waals surface area (Å²) in [6.07, 6.45) is 0.998. The van der Waals surface area contributed by atoms with E-state index < -0.39 is 0 Å². The van der Waals surface area contributed by atoms with Crippen LogP contribution in [0.15, 0.2) is 95.2 Å². The summed E-state index contributed by atoms with van der Waals surface area (Å²) in [4.78, 5) is 0. The van der Waals surface area contributed by atoms with Gasteiger partial charge in [-0.25, -0.2) is 0 Å². The number of hydrogen-bond acceptors (Lipinski definition) is 0. The molecule has 2 bridgehead atoms. The molecular weight excluding hydrogens is 423 g/mol. The van der Waals surface area contributed by atoms with Crippen LogP contribution in [0.25, 0.3) is 21.5 Å². The minimum Gasteiger partial charge on any atom is -0.182 e. The number of rotatable bonds is 5. The van der Waals surface area contributed by atoms with Gasteiger partial charge in [0.25, 0.3) is 10.3 Å². The summed E-state index contributed by atoms with van der Waals surface area (Å²) in [5.41, 5.74) is 2.70. The van der Waals surface area contributed by atoms with Gasteiger partial charge in [0, 0.05) is 12.0 Å². The van der Waals surface area contributed by atoms with Gasteiger partial charge in [0.2, 0.25) is 13.3 Å². The van der Waals surface area contributed by atoms with Crippen molar-refractivity contribution in [2.75, 3.05) is 19.9 Å². The van der Waals surface area contributed by atoms with Crippen LogP contribution < -0.4 is 0 Å². The number of nitrogens with zero attached hydrogens (tertiary/aromatic N) is 2. The summed E-state index contributed by atoms with van der Waals surface area (Å²) in [5, 5.41) is 6.85. The highest BCUT2D eigenvalue weighted by molar-refractivity contribution is 6.37. The van der Waals surface area contributed by atoms with E-state index in [4.69, 9.17) is 23.2 Å². The maximum Gasteiger partial charge on any atom is 0.286 e. The third-order valence-corrected chi connectivity index (χ3v) is 8.25. The molecule has 0 aliphatic carbocycles. The van der Waals surface area contributed by atoms with Gasteiger partial charge in [-0.1, -0.05) is 78.9 Å². The molecule has 3 aliphatic heterocycles. The van der Waals surface area contributed by atoms with Crippen molar-refractivity contribution in [3.8, 4) is 0 Å². The predicted octanol–water partition coefficient (Wildman–Crippen LogP) is 6.92. The molecule has 0 atom stereocenters. The standard InChI is InChI=1S/C27H24Cl2N2/c28-26-27(29)31(17-20-12-13-21-6-1-2-8-24(21)16-20)18-30(26,19-31)15-14-23-10-5-9-22-7-3-4-11-25(22)23/h1-13,16H,14-15,17-19H2/q+2. The molecule has 4 aromatic carbocycles. The Labute approximate surface area is 192 Å². The molecule has 3 aliphatic rings. The zero-order valence-electron chi connectivity index (χ0n) is 17.3. The van der Waals surface area contributed by atoms with Crippen molar-refractivity contribution in [1.29, 1.82) is 0 Å². The summed E-state index contributed by atoms with van der Waals surface area (Å²) >= 11 is 13.7. The molecule has 154 valence electrons. The maximum atomic E-state index is 6.85. The Balaban J connectivity index is 1.23. The van der Waals surface area contributed by atoms with Gasteiger partial charge in [-0.05, 0) is 56.4 Å². The number of hydrogen-bond donors (Lipinski definition) is 0. The highest BCUT2D eigenvalue weighted by Gasteiger charge is 2.69. The molecule has 4 heteroatoms. The molecule has 1 saturated heterocycles. The number of fused-ring (bicyclic) bond motifs is 2. The van der Waals surface area contributed by atoms with Crippen LogP contribution in [0, 0.1) is 0 Å². The Morgan fingerprint density at radius 1 is 0.645 bits per heavy atom. The first-order valence-corrected chi connectivity index (χ1v) is 11.6. The molecule has 4 aromatic rings. The Morgan fingerprint density at radius 2 is 1.32 bits per heavy atom. The third kappa shape index (κ3) is 3.01. The van der Waals surface area contributed by atoms with Crippen LogP contribution in [-0.4, -0.2) is 28.8 Å². The Hall–Kier alpha value is -2.36. The second kappa shape index (κ2) is 7.08. The van der Waals surface area contributed by atoms with Crippen LogP contribution in [0.4, 0.5) is 0 Å². The maximum absolute atomic E-state index is 6.85. The van der Waals surface area contributed by atoms with E-state index >= 15 is 0 Å². The van der Waals surface area contributed by atoms with Gasteiger partial charge < -0.3 is 0 Å². The van der Waals surface area contributed by atoms with Crippen molar-refractivity contribution < 1.29 is 8.97 Å². The largest absolute Gasteiger partial charge is 0.286 e. The van der Waals surface area contributed by atoms with Gasteiger partial charge in [0.1, 0.15) is 6.54 Å². The van der Waals surface area contributed by atoms with Gasteiger partial charge in [0.05, 0.1) is 6.54 Å². The van der Waals surface area contributed by atoms with E-state index in [-0.39, 0.29) is 0 Å². The topological polar surface area (TPSA) is 0 Å². The summed E-state index contributed by atoms with van der Waals surface area (Å²) in [7, 11) is 0. The van der Waals surface area contributed by atoms with Crippen LogP contribution in [0.5, 0.6) is 0 Å². The molecule has 0 amide bonds. The van der Waals surface area contributed by atoms with E-state index in [1.807, 2.05) is 0 Å². The van der Waals surface area contributed by atoms with E-state index in [9.17, 15) is 0 Å². The van der Waals surface area contributed by atoms with Gasteiger partial charge in [-0.2, -0.15) is 8.97 Å². The van der Waals surface area contributed by atoms with E-state index in [2.05, 4.69) is 84.9 Å². The molecule has 7 rings (SSSR count). The lowest BCUT2D eigenvalue weighted by molar-refractivity contribution is -1.21. The lowest BCUT2D eigenvalue weighted by atomic mass is 10.0. The highest BCUT2D eigenvalue weighted by Crippen LogP contribution is 2.53. The lowest BCUT2D eigenvalue weighted by Gasteiger charge is -2.47. The van der Waals surface area contributed by atoms with E-state index in [1.54, 1.807) is 0 Å². The van der Waals surface area contributed by atoms with Gasteiger partial charge in [0.15, 0.2) is 0 Å². The molecular formula is C27H24Cl2N2+2. The first kappa shape index (κ1) is 19.3. The van der Waals surface area contributed by atoms with E-state index in [0.717, 1.165) is 52.1 Å². The Morgan fingerprint density at radius 3 is 2.16 bits per heavy atom. The van der Waals surface area contributed by atoms with E-state index in [1.165, 1.54) is 32.7 Å². The predicted molar refractivity (Wildman–Crippen MR) is 129 cm³/mol. The van der Waals surface area contributed by atoms with Gasteiger partial charge >= 0.3 is 0 Å². The number of quaternary nitrogens is 2. The smallest absolute Gasteiger partial charge is 0.182 e. The first-order valence-electron chi connectivity index (χ1n) is 10.8. The fourth-order valence-corrected chi connectivity index (χ4v) is 6.29. The lowest BCUT2D eigenvalue weighted by Crippen LogP contribution is -2.71. The van der Waals surface area contributed by atoms with Crippen molar-refractivity contribution in [3.05, 3.63) is 106 Å². The molecule has 3 heterocycles. The summed E-state index contributed by atoms with van der Waals surface area (Å²) in [6.45, 7) is 3.79. The molecule has 2 nitrogen and oxygen atoms in total. The van der Waals surface area contributed by atoms with Gasteiger partial charge in [-0.3, -0.25) is 0 Å².